The molecule has 0 fully saturated rings. The highest BCUT2D eigenvalue weighted by Crippen LogP contribution is 2.30. The van der Waals surface area contributed by atoms with E-state index in [1.54, 1.807) is 0 Å². The van der Waals surface area contributed by atoms with Crippen LogP contribution >= 0.6 is 22.7 Å². The average molecular weight is 1050 g/mol. The summed E-state index contributed by atoms with van der Waals surface area (Å²) in [6.45, 7) is 13.3. The van der Waals surface area contributed by atoms with Crippen LogP contribution in [0.1, 0.15) is 56.2 Å². The van der Waals surface area contributed by atoms with E-state index in [9.17, 15) is 8.42 Å². The molecule has 0 saturated heterocycles. The number of thiazole rings is 2. The second-order valence-electron chi connectivity index (χ2n) is 15.7. The van der Waals surface area contributed by atoms with Gasteiger partial charge in [0.1, 0.15) is 23.3 Å². The van der Waals surface area contributed by atoms with Gasteiger partial charge in [-0.05, 0) is 76.9 Å². The third-order valence-electron chi connectivity index (χ3n) is 8.58. The maximum absolute atomic E-state index is 11.2. The van der Waals surface area contributed by atoms with E-state index in [2.05, 4.69) is 60.9 Å². The van der Waals surface area contributed by atoms with Crippen molar-refractivity contribution in [3.8, 4) is 21.8 Å². The number of aryl methyl sites for hydroxylation is 6. The van der Waals surface area contributed by atoms with Gasteiger partial charge in [0.15, 0.2) is 5.82 Å². The molecule has 0 saturated carbocycles. The number of fused-ring (bicyclic) bond motifs is 2. The summed E-state index contributed by atoms with van der Waals surface area (Å²) in [5.41, 5.74) is 5.17. The molecule has 8 rings (SSSR count). The minimum Gasteiger partial charge on any atom is -0.370 e. The van der Waals surface area contributed by atoms with Gasteiger partial charge < -0.3 is 28.0 Å². The molecule has 5 heterocycles. The number of benzene rings is 3. The summed E-state index contributed by atoms with van der Waals surface area (Å²) in [4.78, 5) is 53.9. The van der Waals surface area contributed by atoms with Crippen LogP contribution in [0.3, 0.4) is 0 Å². The monoisotopic (exact) mass is 1050 g/mol. The molecule has 3 aromatic carbocycles. The molecule has 0 bridgehead atoms. The Morgan fingerprint density at radius 1 is 0.479 bits per heavy atom. The number of anilines is 4. The first kappa shape index (κ1) is 60.7. The molecule has 2 atom stereocenters. The maximum atomic E-state index is 11.2. The molecule has 23 heteroatoms. The molecule has 0 amide bonds. The first-order valence-electron chi connectivity index (χ1n) is 21.3. The molecule has 384 valence electrons. The Labute approximate surface area is 432 Å². The van der Waals surface area contributed by atoms with Gasteiger partial charge in [0, 0.05) is 68.2 Å². The molecule has 2 unspecified atom stereocenters. The zero-order chi connectivity index (χ0) is 50.9. The van der Waals surface area contributed by atoms with Crippen LogP contribution in [0.4, 0.5) is 23.8 Å². The van der Waals surface area contributed by atoms with Gasteiger partial charge in [-0.1, -0.05) is 86.9 Å². The first-order chi connectivity index (χ1) is 32.6. The Balaban J connectivity index is 0.000000304. The Hall–Kier alpha value is -6.43. The van der Waals surface area contributed by atoms with E-state index in [0.717, 1.165) is 61.1 Å². The molecule has 0 spiro atoms. The predicted molar refractivity (Wildman–Crippen MR) is 297 cm³/mol. The van der Waals surface area contributed by atoms with Crippen molar-refractivity contribution in [3.63, 3.8) is 0 Å². The van der Waals surface area contributed by atoms with Crippen molar-refractivity contribution in [3.05, 3.63) is 101 Å². The quantitative estimate of drug-likeness (QED) is 0.125. The van der Waals surface area contributed by atoms with E-state index >= 15 is 0 Å². The topological polar surface area (TPSA) is 207 Å². The standard InChI is InChI=1S/C12H14N4.C10H11NO2S2.C9H9NO2S2.C8H15N5.C7H12N4.2CH4/c1-9-13-11(10-7-5-4-6-8-10)15-12(14-9)16(2)3;1-3-15(12)13-10-11-8-5-4-7(2)6-9(8)14-10;1-6-3-4-7-8(5-6)13-9(10-7)12-14(2)11;1-6-9-7(12(2)3)11-8(10-6)13(4)5;1-5-8-6(2)10-7(9-5)11(3)4;;/h4-8H,1-3H3;4-6H,3H2,1-2H3;3-5H,1-2H3;1-5H3;1-4H3;2*1H4. The summed E-state index contributed by atoms with van der Waals surface area (Å²) < 4.78 is 34.3. The van der Waals surface area contributed by atoms with Crippen LogP contribution in [0.15, 0.2) is 66.7 Å². The van der Waals surface area contributed by atoms with E-state index < -0.39 is 22.2 Å². The highest BCUT2D eigenvalue weighted by molar-refractivity contribution is 7.80. The summed E-state index contributed by atoms with van der Waals surface area (Å²) in [5, 5.41) is 0.946. The van der Waals surface area contributed by atoms with Gasteiger partial charge in [-0.25, -0.2) is 28.4 Å². The van der Waals surface area contributed by atoms with E-state index in [-0.39, 0.29) is 14.9 Å². The van der Waals surface area contributed by atoms with Crippen molar-refractivity contribution >= 4 is 89.1 Å². The largest absolute Gasteiger partial charge is 0.370 e. The van der Waals surface area contributed by atoms with Crippen LogP contribution in [0.5, 0.6) is 10.4 Å². The molecule has 0 radical (unpaired) electrons. The lowest BCUT2D eigenvalue weighted by molar-refractivity contribution is 0.560. The van der Waals surface area contributed by atoms with Crippen molar-refractivity contribution in [2.45, 2.75) is 63.3 Å². The highest BCUT2D eigenvalue weighted by Gasteiger charge is 2.10. The maximum Gasteiger partial charge on any atom is 0.289 e. The summed E-state index contributed by atoms with van der Waals surface area (Å²) in [6.07, 6.45) is 1.48. The molecule has 0 aliphatic rings. The van der Waals surface area contributed by atoms with Crippen molar-refractivity contribution < 1.29 is 16.8 Å². The van der Waals surface area contributed by atoms with Crippen LogP contribution in [0.25, 0.3) is 31.8 Å². The summed E-state index contributed by atoms with van der Waals surface area (Å²) in [7, 11) is 15.3. The van der Waals surface area contributed by atoms with E-state index in [1.807, 2.05) is 185 Å². The van der Waals surface area contributed by atoms with Crippen LogP contribution in [-0.2, 0) is 22.2 Å². The van der Waals surface area contributed by atoms with Gasteiger partial charge in [0.25, 0.3) is 10.4 Å². The van der Waals surface area contributed by atoms with Gasteiger partial charge in [0.05, 0.1) is 26.2 Å². The molecule has 0 N–H and O–H groups in total. The average Bonchev–Trinajstić information content (AvgIpc) is 3.88. The normalized spacial score (nSPS) is 10.9. The number of aromatic nitrogens is 11. The highest BCUT2D eigenvalue weighted by atomic mass is 32.2. The lowest BCUT2D eigenvalue weighted by Crippen LogP contribution is -2.19. The minimum atomic E-state index is -1.30. The summed E-state index contributed by atoms with van der Waals surface area (Å²) in [5.74, 6) is 6.99. The molecule has 8 aromatic rings. The second-order valence-corrected chi connectivity index (χ2v) is 20.0. The van der Waals surface area contributed by atoms with E-state index in [0.29, 0.717) is 34.0 Å². The van der Waals surface area contributed by atoms with Crippen LogP contribution in [0.2, 0.25) is 0 Å². The zero-order valence-electron chi connectivity index (χ0n) is 42.0. The Morgan fingerprint density at radius 2 is 0.859 bits per heavy atom. The van der Waals surface area contributed by atoms with Crippen LogP contribution in [0, 0.1) is 41.5 Å². The Morgan fingerprint density at radius 3 is 1.27 bits per heavy atom. The number of hydrogen-bond donors (Lipinski definition) is 0. The zero-order valence-corrected chi connectivity index (χ0v) is 45.3. The van der Waals surface area contributed by atoms with E-state index in [4.69, 9.17) is 8.37 Å². The third-order valence-corrected chi connectivity index (χ3v) is 11.8. The lowest BCUT2D eigenvalue weighted by atomic mass is 10.2. The first-order valence-corrected chi connectivity index (χ1v) is 25.7. The van der Waals surface area contributed by atoms with Crippen molar-refractivity contribution in [2.75, 3.05) is 88.0 Å². The number of nitrogens with zero attached hydrogens (tertiary/aromatic N) is 15. The SMILES string of the molecule is C.C.CCS(=O)Oc1nc2ccc(C)cc2s1.Cc1ccc2nc(OS(C)=O)sc2c1.Cc1nc(-c2ccccc2)nc(N(C)C)n1.Cc1nc(C)nc(N(C)C)n1.Cc1nc(N(C)C)nc(N(C)C)n1. The second kappa shape index (κ2) is 29.0. The molecule has 71 heavy (non-hydrogen) atoms. The van der Waals surface area contributed by atoms with Gasteiger partial charge in [0.2, 0.25) is 46.0 Å². The number of hydrogen-bond acceptors (Lipinski definition) is 21. The predicted octanol–water partition coefficient (Wildman–Crippen LogP) is 9.00. The van der Waals surface area contributed by atoms with Crippen molar-refractivity contribution in [1.29, 1.82) is 0 Å². The molecule has 5 aromatic heterocycles. The van der Waals surface area contributed by atoms with Gasteiger partial charge in [-0.3, -0.25) is 0 Å². The van der Waals surface area contributed by atoms with Crippen molar-refractivity contribution in [1.82, 2.24) is 54.8 Å². The third kappa shape index (κ3) is 20.1. The fourth-order valence-corrected chi connectivity index (χ4v) is 8.30. The van der Waals surface area contributed by atoms with Gasteiger partial charge >= 0.3 is 0 Å². The Bertz CT molecular complexity index is 2910. The summed E-state index contributed by atoms with van der Waals surface area (Å²) in [6, 6.07) is 21.9. The van der Waals surface area contributed by atoms with E-state index in [1.165, 1.54) is 40.1 Å². The van der Waals surface area contributed by atoms with Crippen molar-refractivity contribution in [2.24, 2.45) is 0 Å². The number of rotatable bonds is 10. The molecular formula is C48H69N15O4S4. The van der Waals surface area contributed by atoms with Gasteiger partial charge in [-0.2, -0.15) is 34.9 Å². The molecular weight excluding hydrogens is 979 g/mol. The van der Waals surface area contributed by atoms with Gasteiger partial charge in [-0.15, -0.1) is 0 Å². The summed E-state index contributed by atoms with van der Waals surface area (Å²) >= 11 is 0.279. The fourth-order valence-electron chi connectivity index (χ4n) is 5.37. The Kier molecular flexibility index (Phi) is 24.8. The van der Waals surface area contributed by atoms with Crippen LogP contribution < -0.4 is 28.0 Å². The molecule has 0 aliphatic carbocycles. The minimum absolute atomic E-state index is 0. The molecule has 19 nitrogen and oxygen atoms in total. The smallest absolute Gasteiger partial charge is 0.289 e. The van der Waals surface area contributed by atoms with Crippen LogP contribution in [-0.4, -0.2) is 132 Å². The fraction of sp³-hybridized carbons (Fsp3) is 0.396. The molecule has 0 aliphatic heterocycles. The lowest BCUT2D eigenvalue weighted by Gasteiger charge is -2.14.